The van der Waals surface area contributed by atoms with Gasteiger partial charge in [-0.25, -0.2) is 8.42 Å². The highest BCUT2D eigenvalue weighted by molar-refractivity contribution is 7.92. The van der Waals surface area contributed by atoms with E-state index in [9.17, 15) is 13.2 Å². The second-order valence-corrected chi connectivity index (χ2v) is 10.6. The van der Waals surface area contributed by atoms with Gasteiger partial charge in [-0.3, -0.25) is 4.79 Å². The van der Waals surface area contributed by atoms with Gasteiger partial charge in [-0.15, -0.1) is 0 Å². The van der Waals surface area contributed by atoms with E-state index in [0.717, 1.165) is 36.0 Å². The summed E-state index contributed by atoms with van der Waals surface area (Å²) in [6.45, 7) is 0.696. The van der Waals surface area contributed by atoms with Crippen molar-refractivity contribution in [2.45, 2.75) is 43.3 Å². The van der Waals surface area contributed by atoms with Gasteiger partial charge < -0.3 is 4.90 Å². The van der Waals surface area contributed by atoms with Crippen molar-refractivity contribution in [1.82, 2.24) is 4.90 Å². The minimum Gasteiger partial charge on any atom is -0.340 e. The largest absolute Gasteiger partial charge is 0.340 e. The van der Waals surface area contributed by atoms with Crippen LogP contribution in [0.15, 0.2) is 54.6 Å². The molecule has 1 saturated heterocycles. The summed E-state index contributed by atoms with van der Waals surface area (Å²) in [5.74, 6) is 0.137. The van der Waals surface area contributed by atoms with Crippen LogP contribution in [0.3, 0.4) is 0 Å². The van der Waals surface area contributed by atoms with Crippen molar-refractivity contribution >= 4 is 15.7 Å². The summed E-state index contributed by atoms with van der Waals surface area (Å²) in [4.78, 5) is 14.7. The summed E-state index contributed by atoms with van der Waals surface area (Å²) in [6.07, 6.45) is 4.71. The molecule has 0 aromatic heterocycles. The van der Waals surface area contributed by atoms with Crippen LogP contribution in [0.25, 0.3) is 11.1 Å². The minimum absolute atomic E-state index is 0.0345. The Morgan fingerprint density at radius 1 is 0.893 bits per heavy atom. The van der Waals surface area contributed by atoms with Crippen LogP contribution in [0.5, 0.6) is 0 Å². The first-order valence-corrected chi connectivity index (χ1v) is 11.8. The lowest BCUT2D eigenvalue weighted by molar-refractivity contribution is -0.131. The topological polar surface area (TPSA) is 54.5 Å². The lowest BCUT2D eigenvalue weighted by atomic mass is 9.87. The lowest BCUT2D eigenvalue weighted by Gasteiger charge is -2.44. The fourth-order valence-electron chi connectivity index (χ4n) is 4.58. The SMILES string of the molecule is O=C(Cc1ccc(-c2ccccc2)cc1)N1CCS(=O)(=O)C2(CCCCC2)C1. The molecule has 0 radical (unpaired) electrons. The highest BCUT2D eigenvalue weighted by Crippen LogP contribution is 2.38. The Bertz CT molecular complexity index is 930. The van der Waals surface area contributed by atoms with Crippen LogP contribution in [0.1, 0.15) is 37.7 Å². The van der Waals surface area contributed by atoms with Gasteiger partial charge in [-0.2, -0.15) is 0 Å². The molecule has 1 aliphatic carbocycles. The Balaban J connectivity index is 1.45. The second kappa shape index (κ2) is 7.70. The van der Waals surface area contributed by atoms with Gasteiger partial charge in [0.2, 0.25) is 5.91 Å². The quantitative estimate of drug-likeness (QED) is 0.790. The van der Waals surface area contributed by atoms with Crippen LogP contribution in [0.2, 0.25) is 0 Å². The van der Waals surface area contributed by atoms with Crippen LogP contribution in [0, 0.1) is 0 Å². The molecule has 1 spiro atoms. The third-order valence-electron chi connectivity index (χ3n) is 6.30. The van der Waals surface area contributed by atoms with Gasteiger partial charge in [0.05, 0.1) is 16.9 Å². The number of nitrogens with zero attached hydrogens (tertiary/aromatic N) is 1. The molecule has 1 saturated carbocycles. The van der Waals surface area contributed by atoms with Crippen LogP contribution in [-0.2, 0) is 21.1 Å². The summed E-state index contributed by atoms with van der Waals surface area (Å²) >= 11 is 0. The highest BCUT2D eigenvalue weighted by atomic mass is 32.2. The van der Waals surface area contributed by atoms with Gasteiger partial charge in [0.1, 0.15) is 0 Å². The molecule has 2 aromatic carbocycles. The first kappa shape index (κ1) is 19.2. The van der Waals surface area contributed by atoms with E-state index in [1.54, 1.807) is 4.90 Å². The molecule has 0 bridgehead atoms. The van der Waals surface area contributed by atoms with Crippen molar-refractivity contribution in [1.29, 1.82) is 0 Å². The van der Waals surface area contributed by atoms with E-state index in [1.165, 1.54) is 0 Å². The van der Waals surface area contributed by atoms with E-state index in [1.807, 2.05) is 42.5 Å². The van der Waals surface area contributed by atoms with Crippen LogP contribution in [-0.4, -0.2) is 42.8 Å². The molecule has 4 rings (SSSR count). The van der Waals surface area contributed by atoms with Gasteiger partial charge >= 0.3 is 0 Å². The van der Waals surface area contributed by atoms with E-state index in [-0.39, 0.29) is 11.7 Å². The molecule has 2 aliphatic rings. The lowest BCUT2D eigenvalue weighted by Crippen LogP contribution is -2.58. The zero-order chi connectivity index (χ0) is 19.6. The van der Waals surface area contributed by atoms with Crippen LogP contribution < -0.4 is 0 Å². The maximum Gasteiger partial charge on any atom is 0.227 e. The average molecular weight is 398 g/mol. The van der Waals surface area contributed by atoms with Gasteiger partial charge in [0, 0.05) is 13.1 Å². The molecule has 1 aliphatic heterocycles. The fraction of sp³-hybridized carbons (Fsp3) is 0.435. The number of hydrogen-bond acceptors (Lipinski definition) is 3. The maximum atomic E-state index is 12.9. The maximum absolute atomic E-state index is 12.9. The van der Waals surface area contributed by atoms with Crippen molar-refractivity contribution in [3.8, 4) is 11.1 Å². The highest BCUT2D eigenvalue weighted by Gasteiger charge is 2.48. The van der Waals surface area contributed by atoms with Crippen molar-refractivity contribution in [3.63, 3.8) is 0 Å². The summed E-state index contributed by atoms with van der Waals surface area (Å²) in [6, 6.07) is 18.2. The molecule has 0 unspecified atom stereocenters. The van der Waals surface area contributed by atoms with Crippen molar-refractivity contribution < 1.29 is 13.2 Å². The molecule has 2 aromatic rings. The Morgan fingerprint density at radius 2 is 1.54 bits per heavy atom. The number of carbonyl (C=O) groups excluding carboxylic acids is 1. The predicted molar refractivity (Wildman–Crippen MR) is 112 cm³/mol. The zero-order valence-electron chi connectivity index (χ0n) is 16.1. The Kier molecular flexibility index (Phi) is 5.28. The monoisotopic (exact) mass is 397 g/mol. The van der Waals surface area contributed by atoms with Crippen molar-refractivity contribution in [2.24, 2.45) is 0 Å². The van der Waals surface area contributed by atoms with Crippen LogP contribution in [0.4, 0.5) is 0 Å². The van der Waals surface area contributed by atoms with Crippen molar-refractivity contribution in [2.75, 3.05) is 18.8 Å². The number of rotatable bonds is 3. The van der Waals surface area contributed by atoms with Gasteiger partial charge in [0.25, 0.3) is 0 Å². The number of hydrogen-bond donors (Lipinski definition) is 0. The van der Waals surface area contributed by atoms with E-state index < -0.39 is 14.6 Å². The fourth-order valence-corrected chi connectivity index (χ4v) is 6.74. The van der Waals surface area contributed by atoms with Crippen molar-refractivity contribution in [3.05, 3.63) is 60.2 Å². The Hall–Kier alpha value is -2.14. The predicted octanol–water partition coefficient (Wildman–Crippen LogP) is 3.86. The molecular formula is C23H27NO3S. The summed E-state index contributed by atoms with van der Waals surface area (Å²) in [5.41, 5.74) is 3.25. The third-order valence-corrected chi connectivity index (χ3v) is 8.88. The number of amides is 1. The normalized spacial score (nSPS) is 20.8. The molecule has 0 atom stereocenters. The number of carbonyl (C=O) groups is 1. The van der Waals surface area contributed by atoms with E-state index >= 15 is 0 Å². The first-order chi connectivity index (χ1) is 13.5. The van der Waals surface area contributed by atoms with E-state index in [2.05, 4.69) is 12.1 Å². The first-order valence-electron chi connectivity index (χ1n) is 10.1. The molecule has 28 heavy (non-hydrogen) atoms. The Labute approximate surface area is 167 Å². The molecule has 1 amide bonds. The molecule has 1 heterocycles. The standard InChI is InChI=1S/C23H27NO3S/c25-22(17-19-9-11-21(12-10-19)20-7-3-1-4-8-20)24-15-16-28(26,27)23(18-24)13-5-2-6-14-23/h1,3-4,7-12H,2,5-6,13-18H2. The van der Waals surface area contributed by atoms with E-state index in [0.29, 0.717) is 32.4 Å². The summed E-state index contributed by atoms with van der Waals surface area (Å²) in [7, 11) is -3.12. The molecule has 2 fully saturated rings. The number of sulfone groups is 1. The molecule has 5 heteroatoms. The summed E-state index contributed by atoms with van der Waals surface area (Å²) < 4.78 is 24.7. The van der Waals surface area contributed by atoms with Crippen LogP contribution >= 0.6 is 0 Å². The van der Waals surface area contributed by atoms with Gasteiger partial charge in [-0.1, -0.05) is 73.9 Å². The number of benzene rings is 2. The third kappa shape index (κ3) is 3.72. The molecule has 148 valence electrons. The van der Waals surface area contributed by atoms with Gasteiger partial charge in [-0.05, 0) is 29.5 Å². The molecular weight excluding hydrogens is 370 g/mol. The smallest absolute Gasteiger partial charge is 0.227 e. The second-order valence-electron chi connectivity index (χ2n) is 8.12. The van der Waals surface area contributed by atoms with E-state index in [4.69, 9.17) is 0 Å². The van der Waals surface area contributed by atoms with Gasteiger partial charge in [0.15, 0.2) is 9.84 Å². The Morgan fingerprint density at radius 3 is 2.21 bits per heavy atom. The average Bonchev–Trinajstić information content (AvgIpc) is 2.72. The minimum atomic E-state index is -3.12. The molecule has 4 nitrogen and oxygen atoms in total. The zero-order valence-corrected chi connectivity index (χ0v) is 17.0. The summed E-state index contributed by atoms with van der Waals surface area (Å²) in [5, 5.41) is 0. The molecule has 0 N–H and O–H groups in total.